The molecule has 1 saturated heterocycles. The van der Waals surface area contributed by atoms with Gasteiger partial charge in [-0.2, -0.15) is 0 Å². The van der Waals surface area contributed by atoms with Gasteiger partial charge in [-0.05, 0) is 54.2 Å². The second-order valence-electron chi connectivity index (χ2n) is 9.05. The van der Waals surface area contributed by atoms with E-state index in [1.54, 1.807) is 4.90 Å². The van der Waals surface area contributed by atoms with Crippen LogP contribution in [0.4, 0.5) is 16.2 Å². The largest absolute Gasteiger partial charge is 0.481 e. The van der Waals surface area contributed by atoms with Crippen molar-refractivity contribution in [1.29, 1.82) is 0 Å². The van der Waals surface area contributed by atoms with E-state index in [2.05, 4.69) is 17.4 Å². The van der Waals surface area contributed by atoms with E-state index in [1.165, 1.54) is 37.7 Å². The minimum Gasteiger partial charge on any atom is -0.481 e. The third-order valence-electron chi connectivity index (χ3n) is 6.74. The smallest absolute Gasteiger partial charge is 0.329 e. The Morgan fingerprint density at radius 1 is 0.941 bits per heavy atom. The van der Waals surface area contributed by atoms with Crippen LogP contribution >= 0.6 is 0 Å². The Morgan fingerprint density at radius 3 is 2.26 bits per heavy atom. The molecule has 4 rings (SSSR count). The minimum atomic E-state index is -1.20. The molecule has 0 aromatic heterocycles. The summed E-state index contributed by atoms with van der Waals surface area (Å²) in [5, 5.41) is 20.8. The molecule has 1 heterocycles. The monoisotopic (exact) mass is 465 g/mol. The van der Waals surface area contributed by atoms with Gasteiger partial charge in [0, 0.05) is 31.0 Å². The van der Waals surface area contributed by atoms with Gasteiger partial charge in [-0.1, -0.05) is 43.5 Å². The molecule has 2 amide bonds. The van der Waals surface area contributed by atoms with Gasteiger partial charge in [0.25, 0.3) is 0 Å². The first-order valence-corrected chi connectivity index (χ1v) is 11.9. The van der Waals surface area contributed by atoms with E-state index in [0.29, 0.717) is 19.0 Å². The average molecular weight is 466 g/mol. The molecule has 34 heavy (non-hydrogen) atoms. The zero-order chi connectivity index (χ0) is 24.1. The second kappa shape index (κ2) is 10.7. The van der Waals surface area contributed by atoms with Crippen LogP contribution in [0.25, 0.3) is 0 Å². The number of carboxylic acids is 2. The van der Waals surface area contributed by atoms with E-state index in [0.717, 1.165) is 16.9 Å². The molecule has 2 aliphatic rings. The molecule has 1 saturated carbocycles. The van der Waals surface area contributed by atoms with Crippen molar-refractivity contribution in [1.82, 2.24) is 5.32 Å². The number of nitrogens with zero attached hydrogens (tertiary/aromatic N) is 2. The molecule has 1 aliphatic heterocycles. The quantitative estimate of drug-likeness (QED) is 0.512. The first-order valence-electron chi connectivity index (χ1n) is 11.9. The molecule has 180 valence electrons. The normalized spacial score (nSPS) is 17.7. The highest BCUT2D eigenvalue weighted by Gasteiger charge is 2.31. The molecule has 8 nitrogen and oxygen atoms in total. The summed E-state index contributed by atoms with van der Waals surface area (Å²) in [7, 11) is 0. The molecule has 1 unspecified atom stereocenters. The van der Waals surface area contributed by atoms with Gasteiger partial charge in [-0.25, -0.2) is 4.79 Å². The Hall–Kier alpha value is -3.39. The highest BCUT2D eigenvalue weighted by atomic mass is 16.4. The number of aliphatic carboxylic acids is 2. The van der Waals surface area contributed by atoms with Crippen molar-refractivity contribution in [3.63, 3.8) is 0 Å². The lowest BCUT2D eigenvalue weighted by atomic mass is 9.84. The molecule has 0 spiro atoms. The first-order chi connectivity index (χ1) is 16.4. The van der Waals surface area contributed by atoms with E-state index in [9.17, 15) is 14.4 Å². The fraction of sp³-hybridized carbons (Fsp3) is 0.423. The summed E-state index contributed by atoms with van der Waals surface area (Å²) < 4.78 is 0. The Bertz CT molecular complexity index is 1030. The third kappa shape index (κ3) is 5.56. The van der Waals surface area contributed by atoms with Crippen molar-refractivity contribution in [2.75, 3.05) is 22.9 Å². The van der Waals surface area contributed by atoms with Crippen molar-refractivity contribution in [2.45, 2.75) is 57.0 Å². The van der Waals surface area contributed by atoms with Crippen LogP contribution < -0.4 is 15.1 Å². The standard InChI is InChI=1S/C26H31N3O5/c30-24(31)16-23(25(32)33)27-17-18-9-11-21(12-10-18)28-13-14-29(26(28)34)22-8-4-7-20(15-22)19-5-2-1-3-6-19/h4,7-12,15,19,23,27H,1-3,5-6,13-14,16-17H2,(H,30,31)(H,32,33). The maximum atomic E-state index is 13.2. The number of hydrogen-bond acceptors (Lipinski definition) is 4. The van der Waals surface area contributed by atoms with Crippen molar-refractivity contribution >= 4 is 29.3 Å². The lowest BCUT2D eigenvalue weighted by Crippen LogP contribution is -2.38. The number of hydrogen-bond donors (Lipinski definition) is 3. The zero-order valence-corrected chi connectivity index (χ0v) is 19.2. The summed E-state index contributed by atoms with van der Waals surface area (Å²) in [5.74, 6) is -1.79. The number of benzene rings is 2. The highest BCUT2D eigenvalue weighted by Crippen LogP contribution is 2.35. The number of urea groups is 1. The number of rotatable bonds is 9. The predicted molar refractivity (Wildman–Crippen MR) is 129 cm³/mol. The van der Waals surface area contributed by atoms with E-state index in [1.807, 2.05) is 41.3 Å². The van der Waals surface area contributed by atoms with Gasteiger partial charge in [0.15, 0.2) is 0 Å². The molecule has 0 bridgehead atoms. The maximum absolute atomic E-state index is 13.2. The highest BCUT2D eigenvalue weighted by molar-refractivity contribution is 6.06. The molecule has 8 heteroatoms. The van der Waals surface area contributed by atoms with Crippen LogP contribution in [-0.2, 0) is 16.1 Å². The molecule has 0 radical (unpaired) electrons. The Balaban J connectivity index is 1.39. The van der Waals surface area contributed by atoms with Crippen molar-refractivity contribution in [2.24, 2.45) is 0 Å². The summed E-state index contributed by atoms with van der Waals surface area (Å²) in [4.78, 5) is 38.8. The van der Waals surface area contributed by atoms with Crippen molar-refractivity contribution in [3.8, 4) is 0 Å². The first kappa shape index (κ1) is 23.8. The molecule has 1 aliphatic carbocycles. The van der Waals surface area contributed by atoms with E-state index < -0.39 is 24.4 Å². The van der Waals surface area contributed by atoms with Crippen molar-refractivity contribution in [3.05, 3.63) is 59.7 Å². The van der Waals surface area contributed by atoms with Gasteiger partial charge in [0.2, 0.25) is 0 Å². The lowest BCUT2D eigenvalue weighted by molar-refractivity contribution is -0.146. The summed E-state index contributed by atoms with van der Waals surface area (Å²) >= 11 is 0. The lowest BCUT2D eigenvalue weighted by Gasteiger charge is -2.24. The number of amides is 2. The minimum absolute atomic E-state index is 0.0564. The van der Waals surface area contributed by atoms with Gasteiger partial charge in [-0.3, -0.25) is 24.7 Å². The summed E-state index contributed by atoms with van der Waals surface area (Å²) in [6.45, 7) is 1.42. The van der Waals surface area contributed by atoms with Crippen LogP contribution in [0.5, 0.6) is 0 Å². The van der Waals surface area contributed by atoms with Gasteiger partial charge in [0.05, 0.1) is 6.42 Å². The van der Waals surface area contributed by atoms with Crippen LogP contribution in [-0.4, -0.2) is 47.3 Å². The summed E-state index contributed by atoms with van der Waals surface area (Å²) in [5.41, 5.74) is 3.85. The van der Waals surface area contributed by atoms with Crippen LogP contribution in [0, 0.1) is 0 Å². The molecular formula is C26H31N3O5. The van der Waals surface area contributed by atoms with Gasteiger partial charge >= 0.3 is 18.0 Å². The second-order valence-corrected chi connectivity index (χ2v) is 9.05. The SMILES string of the molecule is O=C(O)CC(NCc1ccc(N2CCN(c3cccc(C4CCCCC4)c3)C2=O)cc1)C(=O)O. The Morgan fingerprint density at radius 2 is 1.62 bits per heavy atom. The van der Waals surface area contributed by atoms with E-state index >= 15 is 0 Å². The number of carbonyl (C=O) groups is 3. The summed E-state index contributed by atoms with van der Waals surface area (Å²) in [6, 6.07) is 14.5. The van der Waals surface area contributed by atoms with Crippen LogP contribution in [0.1, 0.15) is 55.6 Å². The molecule has 1 atom stereocenters. The fourth-order valence-corrected chi connectivity index (χ4v) is 4.85. The predicted octanol–water partition coefficient (Wildman–Crippen LogP) is 4.20. The number of nitrogens with one attached hydrogen (secondary N) is 1. The Labute approximate surface area is 199 Å². The summed E-state index contributed by atoms with van der Waals surface area (Å²) in [6.07, 6.45) is 5.80. The average Bonchev–Trinajstić information content (AvgIpc) is 3.23. The third-order valence-corrected chi connectivity index (χ3v) is 6.74. The zero-order valence-electron chi connectivity index (χ0n) is 19.2. The molecule has 2 aromatic rings. The number of anilines is 2. The van der Waals surface area contributed by atoms with E-state index in [-0.39, 0.29) is 12.6 Å². The van der Waals surface area contributed by atoms with Crippen LogP contribution in [0.2, 0.25) is 0 Å². The fourth-order valence-electron chi connectivity index (χ4n) is 4.85. The van der Waals surface area contributed by atoms with Crippen LogP contribution in [0.15, 0.2) is 48.5 Å². The molecule has 3 N–H and O–H groups in total. The van der Waals surface area contributed by atoms with Crippen LogP contribution in [0.3, 0.4) is 0 Å². The molecule has 2 aromatic carbocycles. The number of carboxylic acid groups (broad SMARTS) is 2. The Kier molecular flexibility index (Phi) is 7.47. The van der Waals surface area contributed by atoms with Gasteiger partial charge in [-0.15, -0.1) is 0 Å². The van der Waals surface area contributed by atoms with E-state index in [4.69, 9.17) is 10.2 Å². The maximum Gasteiger partial charge on any atom is 0.329 e. The van der Waals surface area contributed by atoms with Gasteiger partial charge < -0.3 is 10.2 Å². The van der Waals surface area contributed by atoms with Gasteiger partial charge in [0.1, 0.15) is 6.04 Å². The van der Waals surface area contributed by atoms with Crippen molar-refractivity contribution < 1.29 is 24.6 Å². The molecular weight excluding hydrogens is 434 g/mol. The number of carbonyl (C=O) groups excluding carboxylic acids is 1. The topological polar surface area (TPSA) is 110 Å². The molecule has 2 fully saturated rings.